The molecule has 0 radical (unpaired) electrons. The molecule has 298 valence electrons. The van der Waals surface area contributed by atoms with Crippen molar-refractivity contribution < 1.29 is 28.9 Å². The highest BCUT2D eigenvalue weighted by molar-refractivity contribution is 6.31. The van der Waals surface area contributed by atoms with Crippen LogP contribution < -0.4 is 20.7 Å². The standard InChI is InChI=1S/C44H43ClFN7O5/c1-27(15-29(18-47)19-48-2)26-58-41-17-32(38(45)16-31(41)21-50-39(25-54)44(56)57)24-53-40-8-4-6-35(37(40)23-51-53)36-7-3-5-34(43(36)46)30-11-9-28(10-12-30)20-49-22-33-13-14-42(55)52-33/h3-12,15-17,19,23,33,39,49-50,54H,2,13-14,20-22,24-26H2,1H3,(H,52,55)(H,56,57)/b27-15+,29-19+/t33-,39-/m0/s1. The second-order valence-electron chi connectivity index (χ2n) is 14.0. The van der Waals surface area contributed by atoms with Gasteiger partial charge in [0.05, 0.1) is 30.4 Å². The summed E-state index contributed by atoms with van der Waals surface area (Å²) in [6, 6.07) is 23.2. The van der Waals surface area contributed by atoms with E-state index >= 15 is 4.39 Å². The lowest BCUT2D eigenvalue weighted by Gasteiger charge is -2.18. The number of allylic oxidation sites excluding steroid dienone is 2. The summed E-state index contributed by atoms with van der Waals surface area (Å²) in [7, 11) is 0. The summed E-state index contributed by atoms with van der Waals surface area (Å²) < 4.78 is 24.4. The van der Waals surface area contributed by atoms with Crippen LogP contribution in [0.1, 0.15) is 36.5 Å². The van der Waals surface area contributed by atoms with Gasteiger partial charge >= 0.3 is 5.97 Å². The van der Waals surface area contributed by atoms with E-state index < -0.39 is 18.6 Å². The largest absolute Gasteiger partial charge is 0.489 e. The van der Waals surface area contributed by atoms with Crippen molar-refractivity contribution in [2.24, 2.45) is 4.99 Å². The van der Waals surface area contributed by atoms with Crippen LogP contribution in [0.25, 0.3) is 33.2 Å². The zero-order valence-corrected chi connectivity index (χ0v) is 32.6. The average Bonchev–Trinajstić information content (AvgIpc) is 3.83. The molecule has 0 spiro atoms. The minimum atomic E-state index is -1.21. The van der Waals surface area contributed by atoms with Gasteiger partial charge in [-0.1, -0.05) is 66.2 Å². The molecule has 6 rings (SSSR count). The number of rotatable bonds is 18. The third-order valence-corrected chi connectivity index (χ3v) is 10.2. The molecule has 14 heteroatoms. The molecule has 1 fully saturated rings. The van der Waals surface area contributed by atoms with Gasteiger partial charge in [-0.05, 0) is 72.2 Å². The molecule has 5 N–H and O–H groups in total. The van der Waals surface area contributed by atoms with E-state index in [9.17, 15) is 25.1 Å². The number of nitrogens with zero attached hydrogens (tertiary/aromatic N) is 4. The number of carbonyl (C=O) groups excluding carboxylic acids is 1. The van der Waals surface area contributed by atoms with Crippen LogP contribution >= 0.6 is 11.6 Å². The van der Waals surface area contributed by atoms with E-state index in [4.69, 9.17) is 16.3 Å². The zero-order valence-electron chi connectivity index (χ0n) is 31.8. The van der Waals surface area contributed by atoms with Crippen LogP contribution in [0.3, 0.4) is 0 Å². The molecule has 0 saturated carbocycles. The molecule has 2 atom stereocenters. The number of hydrogen-bond acceptors (Lipinski definition) is 9. The summed E-state index contributed by atoms with van der Waals surface area (Å²) in [5.41, 5.74) is 6.34. The van der Waals surface area contributed by atoms with Gasteiger partial charge in [-0.3, -0.25) is 24.6 Å². The Kier molecular flexibility index (Phi) is 13.8. The molecule has 5 aromatic rings. The number of amides is 1. The quantitative estimate of drug-likeness (QED) is 0.0374. The third-order valence-electron chi connectivity index (χ3n) is 9.83. The Morgan fingerprint density at radius 3 is 2.62 bits per heavy atom. The number of aliphatic imine (C=N–C) groups is 1. The molecule has 1 saturated heterocycles. The number of nitriles is 1. The predicted molar refractivity (Wildman–Crippen MR) is 222 cm³/mol. The van der Waals surface area contributed by atoms with Gasteiger partial charge in [0.1, 0.15) is 30.3 Å². The minimum Gasteiger partial charge on any atom is -0.489 e. The lowest BCUT2D eigenvalue weighted by molar-refractivity contribution is -0.140. The van der Waals surface area contributed by atoms with Crippen molar-refractivity contribution in [3.05, 3.63) is 130 Å². The Morgan fingerprint density at radius 1 is 1.16 bits per heavy atom. The molecule has 1 amide bonds. The first-order chi connectivity index (χ1) is 28.1. The second kappa shape index (κ2) is 19.3. The molecule has 4 aromatic carbocycles. The van der Waals surface area contributed by atoms with E-state index in [1.807, 2.05) is 54.6 Å². The number of aromatic nitrogens is 2. The van der Waals surface area contributed by atoms with Crippen molar-refractivity contribution in [2.75, 3.05) is 19.8 Å². The van der Waals surface area contributed by atoms with Crippen LogP contribution in [0.2, 0.25) is 5.02 Å². The fourth-order valence-corrected chi connectivity index (χ4v) is 7.05. The molecule has 0 aliphatic carbocycles. The van der Waals surface area contributed by atoms with E-state index in [1.165, 1.54) is 6.20 Å². The van der Waals surface area contributed by atoms with Crippen molar-refractivity contribution in [2.45, 2.75) is 51.5 Å². The molecule has 2 heterocycles. The maximum Gasteiger partial charge on any atom is 0.323 e. The van der Waals surface area contributed by atoms with Gasteiger partial charge in [0.25, 0.3) is 0 Å². The van der Waals surface area contributed by atoms with Crippen molar-refractivity contribution in [3.8, 4) is 34.1 Å². The van der Waals surface area contributed by atoms with Crippen molar-refractivity contribution >= 4 is 41.1 Å². The molecule has 12 nitrogen and oxygen atoms in total. The van der Waals surface area contributed by atoms with E-state index in [1.54, 1.807) is 48.1 Å². The van der Waals surface area contributed by atoms with Gasteiger partial charge in [-0.15, -0.1) is 0 Å². The Bertz CT molecular complexity index is 2420. The van der Waals surface area contributed by atoms with Crippen LogP contribution in [0.5, 0.6) is 5.75 Å². The molecule has 1 aromatic heterocycles. The molecule has 1 aliphatic rings. The zero-order chi connectivity index (χ0) is 41.2. The first-order valence-corrected chi connectivity index (χ1v) is 19.0. The number of nitrogens with one attached hydrogen (secondary N) is 3. The Labute approximate surface area is 340 Å². The Hall–Kier alpha value is -6.17. The predicted octanol–water partition coefficient (Wildman–Crippen LogP) is 6.55. The first kappa shape index (κ1) is 41.5. The Morgan fingerprint density at radius 2 is 1.91 bits per heavy atom. The second-order valence-corrected chi connectivity index (χ2v) is 14.4. The highest BCUT2D eigenvalue weighted by atomic mass is 35.5. The fourth-order valence-electron chi connectivity index (χ4n) is 6.80. The number of aliphatic hydroxyl groups is 1. The number of benzene rings is 4. The monoisotopic (exact) mass is 803 g/mol. The SMILES string of the molecule is C=N/C=C(C#N)\C=C(/C)COc1cc(Cn2ncc3c(-c4cccc(-c5ccc(CNC[C@@H]6CCC(=O)N6)cc5)c4F)cccc32)c(Cl)cc1CN[C@@H](CO)C(=O)O. The lowest BCUT2D eigenvalue weighted by atomic mass is 9.95. The third kappa shape index (κ3) is 10.0. The van der Waals surface area contributed by atoms with E-state index in [2.05, 4.69) is 32.8 Å². The number of aliphatic hydroxyl groups excluding tert-OH is 1. The summed E-state index contributed by atoms with van der Waals surface area (Å²) in [6.07, 6.45) is 6.06. The molecule has 58 heavy (non-hydrogen) atoms. The van der Waals surface area contributed by atoms with Gasteiger partial charge in [0.15, 0.2) is 0 Å². The first-order valence-electron chi connectivity index (χ1n) is 18.7. The average molecular weight is 804 g/mol. The van der Waals surface area contributed by atoms with Crippen LogP contribution in [-0.4, -0.2) is 70.4 Å². The van der Waals surface area contributed by atoms with Crippen LogP contribution in [0.4, 0.5) is 4.39 Å². The van der Waals surface area contributed by atoms with Crippen LogP contribution in [0.15, 0.2) is 107 Å². The fraction of sp³-hybridized carbons (Fsp3) is 0.250. The van der Waals surface area contributed by atoms with Crippen LogP contribution in [-0.2, 0) is 29.2 Å². The number of carbonyl (C=O) groups is 2. The summed E-state index contributed by atoms with van der Waals surface area (Å²) in [5, 5.41) is 43.3. The number of aliphatic carboxylic acids is 1. The van der Waals surface area contributed by atoms with E-state index in [0.29, 0.717) is 69.2 Å². The van der Waals surface area contributed by atoms with Gasteiger partial charge in [-0.2, -0.15) is 10.4 Å². The molecule has 1 aliphatic heterocycles. The van der Waals surface area contributed by atoms with E-state index in [0.717, 1.165) is 28.5 Å². The van der Waals surface area contributed by atoms with Crippen molar-refractivity contribution in [3.63, 3.8) is 0 Å². The van der Waals surface area contributed by atoms with E-state index in [-0.39, 0.29) is 37.5 Å². The highest BCUT2D eigenvalue weighted by Gasteiger charge is 2.21. The number of halogens is 2. The van der Waals surface area contributed by atoms with Crippen molar-refractivity contribution in [1.82, 2.24) is 25.7 Å². The normalized spacial score (nSPS) is 14.9. The van der Waals surface area contributed by atoms with Gasteiger partial charge in [0, 0.05) is 65.4 Å². The summed E-state index contributed by atoms with van der Waals surface area (Å²) in [4.78, 5) is 26.7. The lowest BCUT2D eigenvalue weighted by Crippen LogP contribution is -2.39. The van der Waals surface area contributed by atoms with Crippen molar-refractivity contribution in [1.29, 1.82) is 5.26 Å². The maximum absolute atomic E-state index is 16.4. The summed E-state index contributed by atoms with van der Waals surface area (Å²) in [6.45, 7) is 6.24. The number of hydrogen-bond donors (Lipinski definition) is 5. The van der Waals surface area contributed by atoms with Gasteiger partial charge < -0.3 is 25.6 Å². The Balaban J connectivity index is 1.24. The molecular formula is C44H43ClFN7O5. The number of ether oxygens (including phenoxy) is 1. The molecule has 0 unspecified atom stereocenters. The summed E-state index contributed by atoms with van der Waals surface area (Å²) >= 11 is 6.83. The number of carboxylic acids is 1. The topological polar surface area (TPSA) is 174 Å². The number of fused-ring (bicyclic) bond motifs is 1. The molecular weight excluding hydrogens is 761 g/mol. The smallest absolute Gasteiger partial charge is 0.323 e. The van der Waals surface area contributed by atoms with Gasteiger partial charge in [0.2, 0.25) is 5.91 Å². The van der Waals surface area contributed by atoms with Crippen LogP contribution in [0, 0.1) is 17.1 Å². The summed E-state index contributed by atoms with van der Waals surface area (Å²) in [5.74, 6) is -1.06. The maximum atomic E-state index is 16.4. The minimum absolute atomic E-state index is 0.0295. The number of carboxylic acid groups (broad SMARTS) is 1. The van der Waals surface area contributed by atoms with Gasteiger partial charge in [-0.25, -0.2) is 4.39 Å². The molecule has 0 bridgehead atoms. The highest BCUT2D eigenvalue weighted by Crippen LogP contribution is 2.36.